The van der Waals surface area contributed by atoms with Gasteiger partial charge in [-0.3, -0.25) is 4.79 Å². The smallest absolute Gasteiger partial charge is 0.265 e. The van der Waals surface area contributed by atoms with E-state index in [0.29, 0.717) is 36.7 Å². The van der Waals surface area contributed by atoms with Crippen molar-refractivity contribution in [2.75, 3.05) is 30.4 Å². The second kappa shape index (κ2) is 6.39. The maximum Gasteiger partial charge on any atom is 0.265 e. The van der Waals surface area contributed by atoms with E-state index in [1.165, 1.54) is 0 Å². The van der Waals surface area contributed by atoms with Crippen LogP contribution < -0.4 is 20.1 Å². The summed E-state index contributed by atoms with van der Waals surface area (Å²) in [7, 11) is 0. The number of carbonyl (C=O) groups is 1. The predicted molar refractivity (Wildman–Crippen MR) is 85.3 cm³/mol. The number of hydrogen-bond donors (Lipinski definition) is 1. The molecule has 1 amide bonds. The molecular formula is C17H18N2O3. The number of ether oxygens (including phenoxy) is 2. The lowest BCUT2D eigenvalue weighted by Crippen LogP contribution is -2.40. The van der Waals surface area contributed by atoms with Crippen molar-refractivity contribution in [3.63, 3.8) is 0 Å². The molecule has 1 aliphatic rings. The highest BCUT2D eigenvalue weighted by Crippen LogP contribution is 2.37. The number of nitrogens with two attached hydrogens (primary N) is 1. The van der Waals surface area contributed by atoms with E-state index in [1.54, 1.807) is 11.0 Å². The predicted octanol–water partition coefficient (Wildman–Crippen LogP) is 2.46. The molecule has 2 N–H and O–H groups in total. The van der Waals surface area contributed by atoms with Gasteiger partial charge in [-0.15, -0.1) is 0 Å². The quantitative estimate of drug-likeness (QED) is 0.680. The Morgan fingerprint density at radius 2 is 1.95 bits per heavy atom. The highest BCUT2D eigenvalue weighted by Gasteiger charge is 2.26. The first-order valence-corrected chi connectivity index (χ1v) is 7.25. The van der Waals surface area contributed by atoms with Crippen LogP contribution in [-0.2, 0) is 4.79 Å². The van der Waals surface area contributed by atoms with Crippen LogP contribution in [-0.4, -0.2) is 25.7 Å². The van der Waals surface area contributed by atoms with Crippen molar-refractivity contribution in [3.05, 3.63) is 48.5 Å². The summed E-state index contributed by atoms with van der Waals surface area (Å²) in [5.41, 5.74) is 7.20. The number of nitrogens with zero attached hydrogens (tertiary/aromatic N) is 1. The van der Waals surface area contributed by atoms with Crippen molar-refractivity contribution in [1.82, 2.24) is 0 Å². The normalized spacial score (nSPS) is 13.5. The minimum atomic E-state index is -0.0786. The van der Waals surface area contributed by atoms with Gasteiger partial charge in [-0.25, -0.2) is 0 Å². The molecule has 0 saturated heterocycles. The van der Waals surface area contributed by atoms with Gasteiger partial charge in [0.05, 0.1) is 12.3 Å². The van der Waals surface area contributed by atoms with E-state index in [9.17, 15) is 4.79 Å². The molecule has 1 heterocycles. The molecule has 3 rings (SSSR count). The summed E-state index contributed by atoms with van der Waals surface area (Å²) in [6.45, 7) is 1.14. The van der Waals surface area contributed by atoms with Crippen LogP contribution in [0.5, 0.6) is 11.5 Å². The SMILES string of the molecule is Nc1cccc2c1N(CCCOc1ccccc1)C(=O)CO2. The fraction of sp³-hybridized carbons (Fsp3) is 0.235. The molecular weight excluding hydrogens is 280 g/mol. The van der Waals surface area contributed by atoms with E-state index < -0.39 is 0 Å². The zero-order valence-corrected chi connectivity index (χ0v) is 12.2. The molecule has 0 radical (unpaired) electrons. The monoisotopic (exact) mass is 298 g/mol. The number of amides is 1. The van der Waals surface area contributed by atoms with Crippen LogP contribution in [0, 0.1) is 0 Å². The van der Waals surface area contributed by atoms with E-state index in [1.807, 2.05) is 42.5 Å². The molecule has 114 valence electrons. The average molecular weight is 298 g/mol. The Labute approximate surface area is 129 Å². The lowest BCUT2D eigenvalue weighted by Gasteiger charge is -2.30. The van der Waals surface area contributed by atoms with E-state index in [2.05, 4.69) is 0 Å². The molecule has 0 aromatic heterocycles. The van der Waals surface area contributed by atoms with Gasteiger partial charge in [0.1, 0.15) is 17.2 Å². The first kappa shape index (κ1) is 14.3. The molecule has 22 heavy (non-hydrogen) atoms. The third kappa shape index (κ3) is 2.98. The Kier molecular flexibility index (Phi) is 4.14. The van der Waals surface area contributed by atoms with Crippen LogP contribution in [0.25, 0.3) is 0 Å². The molecule has 0 bridgehead atoms. The van der Waals surface area contributed by atoms with Gasteiger partial charge >= 0.3 is 0 Å². The Morgan fingerprint density at radius 1 is 1.14 bits per heavy atom. The van der Waals surface area contributed by atoms with Crippen LogP contribution in [0.3, 0.4) is 0 Å². The van der Waals surface area contributed by atoms with Gasteiger partial charge in [-0.2, -0.15) is 0 Å². The first-order valence-electron chi connectivity index (χ1n) is 7.25. The summed E-state index contributed by atoms with van der Waals surface area (Å²) in [6, 6.07) is 15.0. The van der Waals surface area contributed by atoms with Gasteiger partial charge in [0.2, 0.25) is 0 Å². The summed E-state index contributed by atoms with van der Waals surface area (Å²) in [6.07, 6.45) is 0.717. The summed E-state index contributed by atoms with van der Waals surface area (Å²) in [5.74, 6) is 1.41. The molecule has 1 aliphatic heterocycles. The zero-order valence-electron chi connectivity index (χ0n) is 12.2. The molecule has 5 heteroatoms. The minimum Gasteiger partial charge on any atom is -0.494 e. The van der Waals surface area contributed by atoms with Crippen molar-refractivity contribution in [2.45, 2.75) is 6.42 Å². The van der Waals surface area contributed by atoms with E-state index in [-0.39, 0.29) is 12.5 Å². The highest BCUT2D eigenvalue weighted by molar-refractivity contribution is 6.01. The summed E-state index contributed by atoms with van der Waals surface area (Å²) in [5, 5.41) is 0. The Hall–Kier alpha value is -2.69. The van der Waals surface area contributed by atoms with Crippen molar-refractivity contribution in [1.29, 1.82) is 0 Å². The summed E-state index contributed by atoms with van der Waals surface area (Å²) in [4.78, 5) is 13.8. The van der Waals surface area contributed by atoms with Gasteiger partial charge in [0.15, 0.2) is 6.61 Å². The molecule has 5 nitrogen and oxygen atoms in total. The maximum absolute atomic E-state index is 12.1. The van der Waals surface area contributed by atoms with Crippen molar-refractivity contribution in [3.8, 4) is 11.5 Å². The minimum absolute atomic E-state index is 0.0516. The second-order valence-electron chi connectivity index (χ2n) is 5.04. The van der Waals surface area contributed by atoms with Crippen LogP contribution in [0.1, 0.15) is 6.42 Å². The molecule has 2 aromatic carbocycles. The Morgan fingerprint density at radius 3 is 2.77 bits per heavy atom. The molecule has 2 aromatic rings. The average Bonchev–Trinajstić information content (AvgIpc) is 2.54. The third-order valence-electron chi connectivity index (χ3n) is 3.49. The summed E-state index contributed by atoms with van der Waals surface area (Å²) >= 11 is 0. The van der Waals surface area contributed by atoms with Gasteiger partial charge in [-0.1, -0.05) is 24.3 Å². The van der Waals surface area contributed by atoms with Crippen LogP contribution >= 0.6 is 0 Å². The number of benzene rings is 2. The highest BCUT2D eigenvalue weighted by atomic mass is 16.5. The lowest BCUT2D eigenvalue weighted by molar-refractivity contribution is -0.121. The molecule has 0 aliphatic carbocycles. The van der Waals surface area contributed by atoms with Crippen LogP contribution in [0.4, 0.5) is 11.4 Å². The molecule has 0 spiro atoms. The van der Waals surface area contributed by atoms with E-state index >= 15 is 0 Å². The standard InChI is InChI=1S/C17H18N2O3/c18-14-8-4-9-15-17(14)19(16(20)12-22-15)10-5-11-21-13-6-2-1-3-7-13/h1-4,6-9H,5,10-12,18H2. The fourth-order valence-electron chi connectivity index (χ4n) is 2.45. The number of hydrogen-bond acceptors (Lipinski definition) is 4. The Balaban J connectivity index is 1.62. The number of anilines is 2. The number of fused-ring (bicyclic) bond motifs is 1. The largest absolute Gasteiger partial charge is 0.494 e. The first-order chi connectivity index (χ1) is 10.8. The third-order valence-corrected chi connectivity index (χ3v) is 3.49. The van der Waals surface area contributed by atoms with Crippen molar-refractivity contribution in [2.24, 2.45) is 0 Å². The molecule has 0 unspecified atom stereocenters. The molecule has 0 saturated carbocycles. The van der Waals surface area contributed by atoms with Gasteiger partial charge in [0.25, 0.3) is 5.91 Å². The zero-order chi connectivity index (χ0) is 15.4. The van der Waals surface area contributed by atoms with E-state index in [4.69, 9.17) is 15.2 Å². The Bertz CT molecular complexity index is 658. The number of para-hydroxylation sites is 2. The van der Waals surface area contributed by atoms with Crippen molar-refractivity contribution >= 4 is 17.3 Å². The van der Waals surface area contributed by atoms with Crippen molar-refractivity contribution < 1.29 is 14.3 Å². The number of nitrogen functional groups attached to an aromatic ring is 1. The second-order valence-corrected chi connectivity index (χ2v) is 5.04. The van der Waals surface area contributed by atoms with Crippen LogP contribution in [0.2, 0.25) is 0 Å². The molecule has 0 atom stereocenters. The van der Waals surface area contributed by atoms with E-state index in [0.717, 1.165) is 5.75 Å². The number of rotatable bonds is 5. The van der Waals surface area contributed by atoms with Crippen LogP contribution in [0.15, 0.2) is 48.5 Å². The molecule has 0 fully saturated rings. The van der Waals surface area contributed by atoms with Gasteiger partial charge < -0.3 is 20.1 Å². The maximum atomic E-state index is 12.1. The number of carbonyl (C=O) groups excluding carboxylic acids is 1. The summed E-state index contributed by atoms with van der Waals surface area (Å²) < 4.78 is 11.1. The van der Waals surface area contributed by atoms with Gasteiger partial charge in [0, 0.05) is 6.54 Å². The lowest BCUT2D eigenvalue weighted by atomic mass is 10.2. The topological polar surface area (TPSA) is 64.8 Å². The van der Waals surface area contributed by atoms with Gasteiger partial charge in [-0.05, 0) is 30.7 Å². The fourth-order valence-corrected chi connectivity index (χ4v) is 2.45.